The number of hydrogen-bond acceptors (Lipinski definition) is 3. The smallest absolute Gasteiger partial charge is 0.336 e. The van der Waals surface area contributed by atoms with E-state index < -0.39 is 11.2 Å². The van der Waals surface area contributed by atoms with E-state index in [1.54, 1.807) is 16.7 Å². The zero-order valence-electron chi connectivity index (χ0n) is 20.8. The number of nitrogens with zero attached hydrogens (tertiary/aromatic N) is 3. The molecule has 5 aromatic rings. The van der Waals surface area contributed by atoms with E-state index in [0.717, 1.165) is 37.7 Å². The highest BCUT2D eigenvalue weighted by Crippen LogP contribution is 2.26. The molecule has 7 nitrogen and oxygen atoms in total. The lowest BCUT2D eigenvalue weighted by Crippen LogP contribution is -2.42. The fourth-order valence-electron chi connectivity index (χ4n) is 4.71. The van der Waals surface area contributed by atoms with Crippen molar-refractivity contribution < 1.29 is 4.79 Å². The van der Waals surface area contributed by atoms with Crippen molar-refractivity contribution in [1.82, 2.24) is 19.0 Å². The maximum Gasteiger partial charge on any atom is 0.336 e. The fraction of sp³-hybridized carbons (Fsp3) is 0.207. The molecule has 2 heterocycles. The van der Waals surface area contributed by atoms with Crippen molar-refractivity contribution in [2.75, 3.05) is 0 Å². The minimum atomic E-state index is -0.544. The third kappa shape index (κ3) is 4.02. The summed E-state index contributed by atoms with van der Waals surface area (Å²) in [5.41, 5.74) is 5.23. The van der Waals surface area contributed by atoms with Crippen LogP contribution >= 0.6 is 0 Å². The molecule has 5 rings (SSSR count). The molecule has 0 saturated carbocycles. The predicted octanol–water partition coefficient (Wildman–Crippen LogP) is 3.89. The molecule has 0 saturated heterocycles. The summed E-state index contributed by atoms with van der Waals surface area (Å²) < 4.78 is 4.39. The fourth-order valence-corrected chi connectivity index (χ4v) is 4.71. The van der Waals surface area contributed by atoms with E-state index in [1.807, 2.05) is 82.4 Å². The van der Waals surface area contributed by atoms with Crippen molar-refractivity contribution >= 4 is 27.8 Å². The third-order valence-corrected chi connectivity index (χ3v) is 6.60. The molecule has 0 radical (unpaired) electrons. The van der Waals surface area contributed by atoms with Crippen LogP contribution in [0.5, 0.6) is 0 Å². The number of fused-ring (bicyclic) bond motifs is 3. The SMILES string of the molecule is Cc1ccc(CNC(=O)Cn2c(=O)n(-c3cccc(C)c3)c(=O)c3c2c2cc(C)ccc2n3C)cc1. The number of aromatic nitrogens is 3. The third-order valence-electron chi connectivity index (χ3n) is 6.60. The largest absolute Gasteiger partial charge is 0.350 e. The van der Waals surface area contributed by atoms with Gasteiger partial charge in [0.05, 0.1) is 16.7 Å². The van der Waals surface area contributed by atoms with Gasteiger partial charge in [0.2, 0.25) is 5.91 Å². The van der Waals surface area contributed by atoms with Crippen LogP contribution in [0.15, 0.2) is 76.3 Å². The lowest BCUT2D eigenvalue weighted by atomic mass is 10.1. The van der Waals surface area contributed by atoms with Crippen molar-refractivity contribution in [3.8, 4) is 5.69 Å². The highest BCUT2D eigenvalue weighted by molar-refractivity contribution is 6.06. The first-order valence-electron chi connectivity index (χ1n) is 11.9. The maximum atomic E-state index is 13.8. The van der Waals surface area contributed by atoms with E-state index in [-0.39, 0.29) is 12.5 Å². The summed E-state index contributed by atoms with van der Waals surface area (Å²) in [6.07, 6.45) is 0. The van der Waals surface area contributed by atoms with Gasteiger partial charge in [-0.25, -0.2) is 9.36 Å². The van der Waals surface area contributed by atoms with E-state index >= 15 is 0 Å². The van der Waals surface area contributed by atoms with Gasteiger partial charge < -0.3 is 9.88 Å². The lowest BCUT2D eigenvalue weighted by Gasteiger charge is -2.14. The van der Waals surface area contributed by atoms with Gasteiger partial charge in [-0.3, -0.25) is 14.2 Å². The normalized spacial score (nSPS) is 11.3. The van der Waals surface area contributed by atoms with Crippen LogP contribution in [0.3, 0.4) is 0 Å². The van der Waals surface area contributed by atoms with Gasteiger partial charge in [-0.2, -0.15) is 0 Å². The Morgan fingerprint density at radius 3 is 2.25 bits per heavy atom. The Hall–Kier alpha value is -4.39. The Kier molecular flexibility index (Phi) is 5.84. The topological polar surface area (TPSA) is 78.0 Å². The monoisotopic (exact) mass is 480 g/mol. The lowest BCUT2D eigenvalue weighted by molar-refractivity contribution is -0.121. The number of carbonyl (C=O) groups is 1. The molecule has 182 valence electrons. The number of amides is 1. The van der Waals surface area contributed by atoms with Crippen LogP contribution in [0.25, 0.3) is 27.6 Å². The molecular formula is C29H28N4O3. The molecule has 2 aromatic heterocycles. The van der Waals surface area contributed by atoms with Crippen LogP contribution in [-0.2, 0) is 24.9 Å². The maximum absolute atomic E-state index is 13.8. The van der Waals surface area contributed by atoms with Crippen molar-refractivity contribution in [2.45, 2.75) is 33.9 Å². The molecular weight excluding hydrogens is 452 g/mol. The number of aryl methyl sites for hydroxylation is 4. The molecule has 0 spiro atoms. The summed E-state index contributed by atoms with van der Waals surface area (Å²) >= 11 is 0. The summed E-state index contributed by atoms with van der Waals surface area (Å²) in [7, 11) is 1.81. The molecule has 7 heteroatoms. The van der Waals surface area contributed by atoms with Gasteiger partial charge in [0.1, 0.15) is 12.1 Å². The number of carbonyl (C=O) groups excluding carboxylic acids is 1. The molecule has 0 atom stereocenters. The van der Waals surface area contributed by atoms with Crippen LogP contribution in [0.1, 0.15) is 22.3 Å². The second kappa shape index (κ2) is 9.00. The van der Waals surface area contributed by atoms with E-state index in [2.05, 4.69) is 5.32 Å². The van der Waals surface area contributed by atoms with E-state index in [1.165, 1.54) is 4.57 Å². The molecule has 36 heavy (non-hydrogen) atoms. The first-order valence-corrected chi connectivity index (χ1v) is 11.9. The molecule has 1 N–H and O–H groups in total. The molecule has 0 fully saturated rings. The Morgan fingerprint density at radius 2 is 1.53 bits per heavy atom. The van der Waals surface area contributed by atoms with Gasteiger partial charge in [0.15, 0.2) is 0 Å². The molecule has 3 aromatic carbocycles. The van der Waals surface area contributed by atoms with Gasteiger partial charge in [-0.05, 0) is 56.2 Å². The van der Waals surface area contributed by atoms with E-state index in [4.69, 9.17) is 0 Å². The quantitative estimate of drug-likeness (QED) is 0.415. The molecule has 0 unspecified atom stereocenters. The van der Waals surface area contributed by atoms with Gasteiger partial charge in [0, 0.05) is 19.0 Å². The Bertz CT molecular complexity index is 1750. The number of hydrogen-bond donors (Lipinski definition) is 1. The van der Waals surface area contributed by atoms with Gasteiger partial charge in [-0.15, -0.1) is 0 Å². The standard InChI is InChI=1S/C29H28N4O3/c1-18-8-11-21(12-9-18)16-30-25(34)17-32-26-23-15-20(3)10-13-24(23)31(4)27(26)28(35)33(29(32)36)22-7-5-6-19(2)14-22/h5-15H,16-17H2,1-4H3,(H,30,34). The number of benzene rings is 3. The second-order valence-electron chi connectivity index (χ2n) is 9.39. The zero-order chi connectivity index (χ0) is 25.6. The van der Waals surface area contributed by atoms with Crippen LogP contribution in [0.4, 0.5) is 0 Å². The van der Waals surface area contributed by atoms with E-state index in [9.17, 15) is 14.4 Å². The first-order chi connectivity index (χ1) is 17.2. The van der Waals surface area contributed by atoms with Crippen LogP contribution < -0.4 is 16.6 Å². The van der Waals surface area contributed by atoms with Crippen molar-refractivity contribution in [1.29, 1.82) is 0 Å². The average Bonchev–Trinajstić information content (AvgIpc) is 3.13. The minimum absolute atomic E-state index is 0.208. The van der Waals surface area contributed by atoms with Crippen LogP contribution in [0.2, 0.25) is 0 Å². The molecule has 0 aliphatic heterocycles. The highest BCUT2D eigenvalue weighted by Gasteiger charge is 2.22. The predicted molar refractivity (Wildman–Crippen MR) is 143 cm³/mol. The summed E-state index contributed by atoms with van der Waals surface area (Å²) in [6, 6.07) is 21.0. The number of rotatable bonds is 5. The van der Waals surface area contributed by atoms with Crippen molar-refractivity contribution in [3.05, 3.63) is 110 Å². The molecule has 1 amide bonds. The van der Waals surface area contributed by atoms with Crippen LogP contribution in [0, 0.1) is 20.8 Å². The Labute approximate surface area is 208 Å². The molecule has 0 bridgehead atoms. The van der Waals surface area contributed by atoms with Crippen molar-refractivity contribution in [3.63, 3.8) is 0 Å². The zero-order valence-corrected chi connectivity index (χ0v) is 20.8. The Morgan fingerprint density at radius 1 is 0.833 bits per heavy atom. The van der Waals surface area contributed by atoms with Gasteiger partial charge in [0.25, 0.3) is 5.56 Å². The first kappa shape index (κ1) is 23.4. The van der Waals surface area contributed by atoms with Crippen LogP contribution in [-0.4, -0.2) is 19.6 Å². The summed E-state index contributed by atoms with van der Waals surface area (Å²) in [6.45, 7) is 6.02. The molecule has 0 aliphatic carbocycles. The van der Waals surface area contributed by atoms with Crippen molar-refractivity contribution in [2.24, 2.45) is 7.05 Å². The minimum Gasteiger partial charge on any atom is -0.350 e. The van der Waals surface area contributed by atoms with Gasteiger partial charge in [-0.1, -0.05) is 53.6 Å². The van der Waals surface area contributed by atoms with Gasteiger partial charge >= 0.3 is 5.69 Å². The average molecular weight is 481 g/mol. The summed E-state index contributed by atoms with van der Waals surface area (Å²) in [5, 5.41) is 3.68. The summed E-state index contributed by atoms with van der Waals surface area (Å²) in [4.78, 5) is 40.7. The Balaban J connectivity index is 1.69. The van der Waals surface area contributed by atoms with E-state index in [0.29, 0.717) is 23.3 Å². The second-order valence-corrected chi connectivity index (χ2v) is 9.39. The molecule has 0 aliphatic rings. The number of nitrogens with one attached hydrogen (secondary N) is 1. The summed E-state index contributed by atoms with van der Waals surface area (Å²) in [5.74, 6) is -0.307. The highest BCUT2D eigenvalue weighted by atomic mass is 16.2.